The van der Waals surface area contributed by atoms with E-state index in [1.807, 2.05) is 20.8 Å². The molecule has 1 aromatic heterocycles. The Morgan fingerprint density at radius 3 is 2.40 bits per heavy atom. The van der Waals surface area contributed by atoms with Crippen molar-refractivity contribution < 1.29 is 4.79 Å². The molecule has 1 heterocycles. The first-order valence-electron chi connectivity index (χ1n) is 7.27. The Bertz CT molecular complexity index is 437. The van der Waals surface area contributed by atoms with Gasteiger partial charge in [-0.3, -0.25) is 9.89 Å². The van der Waals surface area contributed by atoms with E-state index in [1.54, 1.807) is 0 Å². The SMILES string of the molecule is CCN(CC)CC(C)NC(=O)c1n[nH]c(C(C)C)c1N. The molecule has 0 aliphatic rings. The summed E-state index contributed by atoms with van der Waals surface area (Å²) in [6.07, 6.45) is 0. The second kappa shape index (κ2) is 7.28. The van der Waals surface area contributed by atoms with Gasteiger partial charge in [-0.15, -0.1) is 0 Å². The van der Waals surface area contributed by atoms with Gasteiger partial charge in [0.15, 0.2) is 5.69 Å². The van der Waals surface area contributed by atoms with Gasteiger partial charge in [0.2, 0.25) is 0 Å². The number of anilines is 1. The summed E-state index contributed by atoms with van der Waals surface area (Å²) in [5.74, 6) is 0.00227. The lowest BCUT2D eigenvalue weighted by Gasteiger charge is -2.23. The maximum Gasteiger partial charge on any atom is 0.274 e. The number of nitrogens with zero attached hydrogens (tertiary/aromatic N) is 2. The van der Waals surface area contributed by atoms with E-state index in [4.69, 9.17) is 5.73 Å². The number of aromatic nitrogens is 2. The van der Waals surface area contributed by atoms with Crippen LogP contribution in [0.15, 0.2) is 0 Å². The zero-order valence-corrected chi connectivity index (χ0v) is 13.2. The molecule has 0 spiro atoms. The highest BCUT2D eigenvalue weighted by Gasteiger charge is 2.20. The maximum absolute atomic E-state index is 12.2. The lowest BCUT2D eigenvalue weighted by atomic mass is 10.1. The third kappa shape index (κ3) is 3.96. The Kier molecular flexibility index (Phi) is 6.01. The van der Waals surface area contributed by atoms with Gasteiger partial charge >= 0.3 is 0 Å². The number of likely N-dealkylation sites (N-methyl/N-ethyl adjacent to an activating group) is 1. The molecule has 0 aliphatic carbocycles. The molecule has 4 N–H and O–H groups in total. The van der Waals surface area contributed by atoms with Crippen molar-refractivity contribution in [3.8, 4) is 0 Å². The fourth-order valence-corrected chi connectivity index (χ4v) is 2.18. The van der Waals surface area contributed by atoms with Crippen molar-refractivity contribution in [1.29, 1.82) is 0 Å². The topological polar surface area (TPSA) is 87.0 Å². The van der Waals surface area contributed by atoms with Gasteiger partial charge < -0.3 is 16.0 Å². The van der Waals surface area contributed by atoms with Crippen molar-refractivity contribution in [1.82, 2.24) is 20.4 Å². The number of carbonyl (C=O) groups is 1. The summed E-state index contributed by atoms with van der Waals surface area (Å²) in [4.78, 5) is 14.4. The van der Waals surface area contributed by atoms with E-state index in [9.17, 15) is 4.79 Å². The Hall–Kier alpha value is -1.56. The summed E-state index contributed by atoms with van der Waals surface area (Å²) >= 11 is 0. The molecule has 1 amide bonds. The number of hydrogen-bond acceptors (Lipinski definition) is 4. The molecular weight excluding hydrogens is 254 g/mol. The van der Waals surface area contributed by atoms with E-state index in [1.165, 1.54) is 0 Å². The predicted octanol–water partition coefficient (Wildman–Crippen LogP) is 1.58. The second-order valence-corrected chi connectivity index (χ2v) is 5.41. The number of nitrogen functional groups attached to an aromatic ring is 1. The third-order valence-electron chi connectivity index (χ3n) is 3.43. The van der Waals surface area contributed by atoms with Gasteiger partial charge in [0, 0.05) is 12.6 Å². The minimum Gasteiger partial charge on any atom is -0.395 e. The first kappa shape index (κ1) is 16.5. The standard InChI is InChI=1S/C14H27N5O/c1-6-19(7-2)8-10(5)16-14(20)13-11(15)12(9(3)4)17-18-13/h9-10H,6-8,15H2,1-5H3,(H,16,20)(H,17,18). The highest BCUT2D eigenvalue weighted by molar-refractivity contribution is 5.97. The van der Waals surface area contributed by atoms with Gasteiger partial charge in [0.05, 0.1) is 11.4 Å². The molecule has 0 bridgehead atoms. The molecule has 0 saturated heterocycles. The predicted molar refractivity (Wildman–Crippen MR) is 81.8 cm³/mol. The first-order valence-corrected chi connectivity index (χ1v) is 7.27. The maximum atomic E-state index is 12.2. The van der Waals surface area contributed by atoms with Crippen molar-refractivity contribution in [2.75, 3.05) is 25.4 Å². The zero-order valence-electron chi connectivity index (χ0n) is 13.2. The van der Waals surface area contributed by atoms with Gasteiger partial charge in [-0.2, -0.15) is 5.10 Å². The minimum atomic E-state index is -0.217. The fraction of sp³-hybridized carbons (Fsp3) is 0.714. The molecule has 0 aliphatic heterocycles. The number of nitrogens with one attached hydrogen (secondary N) is 2. The number of H-pyrrole nitrogens is 1. The third-order valence-corrected chi connectivity index (χ3v) is 3.43. The van der Waals surface area contributed by atoms with Crippen LogP contribution >= 0.6 is 0 Å². The average Bonchev–Trinajstić information content (AvgIpc) is 2.77. The zero-order chi connectivity index (χ0) is 15.3. The van der Waals surface area contributed by atoms with E-state index in [2.05, 4.69) is 34.3 Å². The summed E-state index contributed by atoms with van der Waals surface area (Å²) in [7, 11) is 0. The van der Waals surface area contributed by atoms with E-state index >= 15 is 0 Å². The highest BCUT2D eigenvalue weighted by atomic mass is 16.2. The number of carbonyl (C=O) groups excluding carboxylic acids is 1. The van der Waals surface area contributed by atoms with Crippen LogP contribution in [0.4, 0.5) is 5.69 Å². The Balaban J connectivity index is 2.67. The molecule has 1 atom stereocenters. The van der Waals surface area contributed by atoms with Crippen LogP contribution in [0, 0.1) is 0 Å². The molecule has 6 heteroatoms. The van der Waals surface area contributed by atoms with Crippen molar-refractivity contribution in [3.63, 3.8) is 0 Å². The number of nitrogens with two attached hydrogens (primary N) is 1. The monoisotopic (exact) mass is 281 g/mol. The van der Waals surface area contributed by atoms with Crippen LogP contribution in [0.2, 0.25) is 0 Å². The van der Waals surface area contributed by atoms with Crippen LogP contribution in [0.1, 0.15) is 56.7 Å². The van der Waals surface area contributed by atoms with Crippen LogP contribution in [0.3, 0.4) is 0 Å². The van der Waals surface area contributed by atoms with Crippen LogP contribution in [-0.4, -0.2) is 46.7 Å². The molecule has 20 heavy (non-hydrogen) atoms. The van der Waals surface area contributed by atoms with E-state index in [-0.39, 0.29) is 17.9 Å². The van der Waals surface area contributed by atoms with Crippen molar-refractivity contribution >= 4 is 11.6 Å². The first-order chi connectivity index (χ1) is 9.40. The van der Waals surface area contributed by atoms with Crippen LogP contribution in [0.25, 0.3) is 0 Å². The Morgan fingerprint density at radius 2 is 1.95 bits per heavy atom. The fourth-order valence-electron chi connectivity index (χ4n) is 2.18. The van der Waals surface area contributed by atoms with Gasteiger partial charge in [-0.05, 0) is 25.9 Å². The molecule has 1 unspecified atom stereocenters. The molecule has 1 aromatic rings. The second-order valence-electron chi connectivity index (χ2n) is 5.41. The summed E-state index contributed by atoms with van der Waals surface area (Å²) in [5, 5.41) is 9.82. The highest BCUT2D eigenvalue weighted by Crippen LogP contribution is 2.21. The molecule has 1 rings (SSSR count). The smallest absolute Gasteiger partial charge is 0.274 e. The quantitative estimate of drug-likeness (QED) is 0.708. The summed E-state index contributed by atoms with van der Waals surface area (Å²) in [5.41, 5.74) is 7.52. The van der Waals surface area contributed by atoms with Crippen LogP contribution < -0.4 is 11.1 Å². The van der Waals surface area contributed by atoms with Gasteiger partial charge in [-0.1, -0.05) is 27.7 Å². The molecule has 0 radical (unpaired) electrons. The summed E-state index contributed by atoms with van der Waals surface area (Å²) < 4.78 is 0. The molecular formula is C14H27N5O. The summed E-state index contributed by atoms with van der Waals surface area (Å²) in [6, 6.07) is 0.0565. The number of hydrogen-bond donors (Lipinski definition) is 3. The lowest BCUT2D eigenvalue weighted by molar-refractivity contribution is 0.0926. The molecule has 0 fully saturated rings. The molecule has 6 nitrogen and oxygen atoms in total. The van der Waals surface area contributed by atoms with E-state index in [0.29, 0.717) is 11.4 Å². The summed E-state index contributed by atoms with van der Waals surface area (Å²) in [6.45, 7) is 13.0. The molecule has 114 valence electrons. The Labute approximate surface area is 121 Å². The molecule has 0 saturated carbocycles. The number of rotatable bonds is 7. The lowest BCUT2D eigenvalue weighted by Crippen LogP contribution is -2.42. The van der Waals surface area contributed by atoms with Crippen LogP contribution in [0.5, 0.6) is 0 Å². The van der Waals surface area contributed by atoms with Crippen molar-refractivity contribution in [3.05, 3.63) is 11.4 Å². The largest absolute Gasteiger partial charge is 0.395 e. The van der Waals surface area contributed by atoms with Crippen LogP contribution in [-0.2, 0) is 0 Å². The number of amides is 1. The minimum absolute atomic E-state index is 0.0565. The molecule has 0 aromatic carbocycles. The van der Waals surface area contributed by atoms with E-state index in [0.717, 1.165) is 25.3 Å². The van der Waals surface area contributed by atoms with E-state index < -0.39 is 0 Å². The number of aromatic amines is 1. The average molecular weight is 281 g/mol. The van der Waals surface area contributed by atoms with Crippen molar-refractivity contribution in [2.24, 2.45) is 0 Å². The normalized spacial score (nSPS) is 12.9. The van der Waals surface area contributed by atoms with Gasteiger partial charge in [0.1, 0.15) is 0 Å². The van der Waals surface area contributed by atoms with Gasteiger partial charge in [-0.25, -0.2) is 0 Å². The van der Waals surface area contributed by atoms with Crippen molar-refractivity contribution in [2.45, 2.75) is 46.6 Å². The Morgan fingerprint density at radius 1 is 1.35 bits per heavy atom. The van der Waals surface area contributed by atoms with Gasteiger partial charge in [0.25, 0.3) is 5.91 Å².